The van der Waals surface area contributed by atoms with Crippen molar-refractivity contribution >= 4 is 29.9 Å². The monoisotopic (exact) mass is 426 g/mol. The van der Waals surface area contributed by atoms with E-state index in [2.05, 4.69) is 27.4 Å². The van der Waals surface area contributed by atoms with Crippen LogP contribution in [0.3, 0.4) is 0 Å². The molecule has 0 amide bonds. The molecule has 0 aromatic rings. The molecule has 0 aliphatic carbocycles. The molecule has 2 aliphatic rings. The maximum atomic E-state index is 8.88. The van der Waals surface area contributed by atoms with Crippen LogP contribution in [0.5, 0.6) is 0 Å². The third-order valence-corrected chi connectivity index (χ3v) is 4.18. The van der Waals surface area contributed by atoms with Gasteiger partial charge in [0, 0.05) is 38.8 Å². The minimum Gasteiger partial charge on any atom is -0.394 e. The van der Waals surface area contributed by atoms with E-state index in [1.807, 2.05) is 0 Å². The minimum absolute atomic E-state index is 0. The van der Waals surface area contributed by atoms with Crippen molar-refractivity contribution in [2.75, 3.05) is 52.5 Å². The average Bonchev–Trinajstić information content (AvgIpc) is 3.00. The van der Waals surface area contributed by atoms with E-state index in [1.165, 1.54) is 13.0 Å². The van der Waals surface area contributed by atoms with E-state index in [1.54, 1.807) is 0 Å². The van der Waals surface area contributed by atoms with Gasteiger partial charge in [-0.1, -0.05) is 0 Å². The van der Waals surface area contributed by atoms with E-state index in [9.17, 15) is 0 Å². The molecule has 2 fully saturated rings. The first-order chi connectivity index (χ1) is 10.3. The predicted molar refractivity (Wildman–Crippen MR) is 100 cm³/mol. The molecule has 2 saturated heterocycles. The highest BCUT2D eigenvalue weighted by Gasteiger charge is 2.24. The fourth-order valence-corrected chi connectivity index (χ4v) is 3.03. The molecule has 2 heterocycles. The van der Waals surface area contributed by atoms with Gasteiger partial charge in [-0.15, -0.1) is 24.0 Å². The molecule has 0 bridgehead atoms. The van der Waals surface area contributed by atoms with Crippen LogP contribution in [0.4, 0.5) is 0 Å². The summed E-state index contributed by atoms with van der Waals surface area (Å²) in [6.07, 6.45) is 3.52. The Morgan fingerprint density at radius 2 is 2.09 bits per heavy atom. The normalized spacial score (nSPS) is 24.1. The number of aliphatic imine (C=N–C) groups is 1. The number of guanidine groups is 1. The maximum absolute atomic E-state index is 8.88. The number of aliphatic hydroxyl groups is 1. The number of hydrogen-bond donors (Lipinski definition) is 3. The lowest BCUT2D eigenvalue weighted by molar-refractivity contribution is 0.150. The topological polar surface area (TPSA) is 69.1 Å². The molecule has 0 aromatic carbocycles. The largest absolute Gasteiger partial charge is 0.394 e. The summed E-state index contributed by atoms with van der Waals surface area (Å²) in [5, 5.41) is 15.6. The van der Waals surface area contributed by atoms with Crippen LogP contribution >= 0.6 is 24.0 Å². The fourth-order valence-electron chi connectivity index (χ4n) is 3.03. The fraction of sp³-hybridized carbons (Fsp3) is 0.933. The molecule has 22 heavy (non-hydrogen) atoms. The van der Waals surface area contributed by atoms with Crippen molar-refractivity contribution in [3.05, 3.63) is 0 Å². The Morgan fingerprint density at radius 3 is 2.68 bits per heavy atom. The number of halogens is 1. The van der Waals surface area contributed by atoms with Gasteiger partial charge in [0.2, 0.25) is 0 Å². The third-order valence-electron chi connectivity index (χ3n) is 4.18. The Labute approximate surface area is 151 Å². The highest BCUT2D eigenvalue weighted by Crippen LogP contribution is 2.17. The summed E-state index contributed by atoms with van der Waals surface area (Å²) in [6, 6.07) is 0.484. The van der Waals surface area contributed by atoms with Crippen molar-refractivity contribution in [2.24, 2.45) is 10.9 Å². The zero-order valence-corrected chi connectivity index (χ0v) is 15.9. The number of aliphatic hydroxyl groups excluding tert-OH is 1. The number of nitrogens with one attached hydrogen (secondary N) is 2. The van der Waals surface area contributed by atoms with E-state index in [0.29, 0.717) is 12.6 Å². The van der Waals surface area contributed by atoms with Crippen molar-refractivity contribution in [1.82, 2.24) is 15.5 Å². The van der Waals surface area contributed by atoms with Gasteiger partial charge in [0.25, 0.3) is 0 Å². The van der Waals surface area contributed by atoms with Crippen LogP contribution in [0.2, 0.25) is 0 Å². The van der Waals surface area contributed by atoms with Gasteiger partial charge in [0.05, 0.1) is 19.8 Å². The van der Waals surface area contributed by atoms with Crippen LogP contribution in [0.1, 0.15) is 26.2 Å². The molecule has 1 unspecified atom stereocenters. The Bertz CT molecular complexity index is 317. The number of piperidine rings is 1. The lowest BCUT2D eigenvalue weighted by Crippen LogP contribution is -2.49. The summed E-state index contributed by atoms with van der Waals surface area (Å²) >= 11 is 0. The van der Waals surface area contributed by atoms with Crippen molar-refractivity contribution in [2.45, 2.75) is 32.2 Å². The molecule has 6 nitrogen and oxygen atoms in total. The summed E-state index contributed by atoms with van der Waals surface area (Å²) in [5.74, 6) is 1.56. The van der Waals surface area contributed by atoms with Crippen LogP contribution in [-0.2, 0) is 4.74 Å². The molecule has 0 radical (unpaired) electrons. The number of hydrogen-bond acceptors (Lipinski definition) is 4. The number of nitrogens with zero attached hydrogens (tertiary/aromatic N) is 2. The lowest BCUT2D eigenvalue weighted by atomic mass is 10.0. The smallest absolute Gasteiger partial charge is 0.191 e. The molecule has 2 aliphatic heterocycles. The van der Waals surface area contributed by atoms with Gasteiger partial charge in [-0.3, -0.25) is 4.99 Å². The van der Waals surface area contributed by atoms with Gasteiger partial charge >= 0.3 is 0 Å². The maximum Gasteiger partial charge on any atom is 0.191 e. The molecule has 0 saturated carbocycles. The third kappa shape index (κ3) is 6.97. The summed E-state index contributed by atoms with van der Waals surface area (Å²) in [6.45, 7) is 8.81. The van der Waals surface area contributed by atoms with E-state index in [4.69, 9.17) is 9.84 Å². The predicted octanol–water partition coefficient (Wildman–Crippen LogP) is 0.653. The van der Waals surface area contributed by atoms with Crippen LogP contribution < -0.4 is 10.6 Å². The first-order valence-electron chi connectivity index (χ1n) is 8.27. The molecule has 0 aromatic heterocycles. The lowest BCUT2D eigenvalue weighted by Gasteiger charge is -2.34. The first-order valence-corrected chi connectivity index (χ1v) is 8.27. The van der Waals surface area contributed by atoms with Crippen molar-refractivity contribution in [1.29, 1.82) is 0 Å². The Hall–Kier alpha value is -0.120. The number of ether oxygens (including phenoxy) is 1. The zero-order valence-electron chi connectivity index (χ0n) is 13.6. The van der Waals surface area contributed by atoms with Gasteiger partial charge in [-0.2, -0.15) is 0 Å². The van der Waals surface area contributed by atoms with Crippen LogP contribution in [0.25, 0.3) is 0 Å². The Morgan fingerprint density at radius 1 is 1.32 bits per heavy atom. The molecule has 3 N–H and O–H groups in total. The summed E-state index contributed by atoms with van der Waals surface area (Å²) in [4.78, 5) is 6.91. The first kappa shape index (κ1) is 19.9. The second-order valence-corrected chi connectivity index (χ2v) is 5.93. The molecular formula is C15H31IN4O2. The molecule has 0 spiro atoms. The molecular weight excluding hydrogens is 395 g/mol. The van der Waals surface area contributed by atoms with E-state index >= 15 is 0 Å². The molecule has 2 rings (SSSR count). The highest BCUT2D eigenvalue weighted by molar-refractivity contribution is 14.0. The summed E-state index contributed by atoms with van der Waals surface area (Å²) in [5.41, 5.74) is 0. The van der Waals surface area contributed by atoms with Gasteiger partial charge in [0.1, 0.15) is 0 Å². The van der Waals surface area contributed by atoms with Crippen molar-refractivity contribution in [3.63, 3.8) is 0 Å². The summed E-state index contributed by atoms with van der Waals surface area (Å²) in [7, 11) is 0. The average molecular weight is 426 g/mol. The van der Waals surface area contributed by atoms with Gasteiger partial charge in [-0.05, 0) is 32.1 Å². The van der Waals surface area contributed by atoms with Gasteiger partial charge in [-0.25, -0.2) is 0 Å². The molecule has 130 valence electrons. The zero-order chi connectivity index (χ0) is 14.9. The van der Waals surface area contributed by atoms with Gasteiger partial charge in [0.15, 0.2) is 5.96 Å². The second kappa shape index (κ2) is 11.4. The Balaban J connectivity index is 0.00000242. The van der Waals surface area contributed by atoms with Gasteiger partial charge < -0.3 is 25.4 Å². The standard InChI is InChI=1S/C15H30N4O2.HI/c1-2-16-15(17-6-9-20)18-14-3-7-19(8-4-14)11-13-5-10-21-12-13;/h13-14,20H,2-12H2,1H3,(H2,16,17,18);1H. The van der Waals surface area contributed by atoms with Crippen LogP contribution in [0.15, 0.2) is 4.99 Å². The SMILES string of the molecule is CCNC(=NCCO)NC1CCN(CC2CCOC2)CC1.I. The van der Waals surface area contributed by atoms with E-state index in [0.717, 1.165) is 57.6 Å². The Kier molecular flexibility index (Phi) is 10.3. The van der Waals surface area contributed by atoms with Crippen LogP contribution in [0, 0.1) is 5.92 Å². The van der Waals surface area contributed by atoms with E-state index < -0.39 is 0 Å². The quantitative estimate of drug-likeness (QED) is 0.331. The van der Waals surface area contributed by atoms with Crippen LogP contribution in [-0.4, -0.2) is 74.6 Å². The van der Waals surface area contributed by atoms with Crippen molar-refractivity contribution in [3.8, 4) is 0 Å². The van der Waals surface area contributed by atoms with Crippen molar-refractivity contribution < 1.29 is 9.84 Å². The highest BCUT2D eigenvalue weighted by atomic mass is 127. The summed E-state index contributed by atoms with van der Waals surface area (Å²) < 4.78 is 5.45. The number of likely N-dealkylation sites (tertiary alicyclic amines) is 1. The molecule has 1 atom stereocenters. The minimum atomic E-state index is 0. The molecule has 7 heteroatoms. The number of rotatable bonds is 6. The van der Waals surface area contributed by atoms with E-state index in [-0.39, 0.29) is 30.6 Å². The second-order valence-electron chi connectivity index (χ2n) is 5.93.